The van der Waals surface area contributed by atoms with Crippen LogP contribution in [0.5, 0.6) is 5.75 Å². The first-order chi connectivity index (χ1) is 7.99. The van der Waals surface area contributed by atoms with Gasteiger partial charge in [-0.2, -0.15) is 0 Å². The molecule has 0 saturated carbocycles. The quantitative estimate of drug-likeness (QED) is 0.884. The van der Waals surface area contributed by atoms with Gasteiger partial charge in [0.1, 0.15) is 5.75 Å². The molecule has 0 fully saturated rings. The minimum absolute atomic E-state index is 0.232. The van der Waals surface area contributed by atoms with Crippen LogP contribution < -0.4 is 15.8 Å². The fraction of sp³-hybridized carbons (Fsp3) is 0.364. The number of nitrogens with one attached hydrogen (secondary N) is 1. The van der Waals surface area contributed by atoms with Gasteiger partial charge in [-0.25, -0.2) is 0 Å². The van der Waals surface area contributed by atoms with Gasteiger partial charge in [-0.3, -0.25) is 4.79 Å². The standard InChI is InChI=1S/C11H14Cl2N2O2/c1-6(11(16)15-2)17-10-7(5-14)3-8(12)4-9(10)13/h3-4,6H,5,14H2,1-2H3,(H,15,16). The topological polar surface area (TPSA) is 64.3 Å². The maximum atomic E-state index is 11.4. The average molecular weight is 277 g/mol. The van der Waals surface area contributed by atoms with E-state index in [0.29, 0.717) is 21.4 Å². The molecule has 3 N–H and O–H groups in total. The molecule has 0 aliphatic heterocycles. The summed E-state index contributed by atoms with van der Waals surface area (Å²) in [4.78, 5) is 11.4. The lowest BCUT2D eigenvalue weighted by molar-refractivity contribution is -0.126. The Balaban J connectivity index is 3.01. The molecule has 6 heteroatoms. The van der Waals surface area contributed by atoms with Crippen molar-refractivity contribution in [2.45, 2.75) is 19.6 Å². The van der Waals surface area contributed by atoms with Gasteiger partial charge in [0, 0.05) is 24.2 Å². The van der Waals surface area contributed by atoms with Gasteiger partial charge < -0.3 is 15.8 Å². The van der Waals surface area contributed by atoms with E-state index >= 15 is 0 Å². The predicted octanol–water partition coefficient (Wildman–Crippen LogP) is 1.97. The highest BCUT2D eigenvalue weighted by Gasteiger charge is 2.17. The molecule has 1 unspecified atom stereocenters. The van der Waals surface area contributed by atoms with Gasteiger partial charge >= 0.3 is 0 Å². The van der Waals surface area contributed by atoms with Gasteiger partial charge in [-0.1, -0.05) is 23.2 Å². The lowest BCUT2D eigenvalue weighted by atomic mass is 10.2. The fourth-order valence-electron chi connectivity index (χ4n) is 1.33. The van der Waals surface area contributed by atoms with Crippen molar-refractivity contribution in [2.75, 3.05) is 7.05 Å². The van der Waals surface area contributed by atoms with Gasteiger partial charge in [0.25, 0.3) is 5.91 Å². The van der Waals surface area contributed by atoms with Crippen LogP contribution in [-0.2, 0) is 11.3 Å². The Labute approximate surface area is 110 Å². The third-order valence-electron chi connectivity index (χ3n) is 2.22. The van der Waals surface area contributed by atoms with Gasteiger partial charge in [0.15, 0.2) is 6.10 Å². The van der Waals surface area contributed by atoms with Crippen LogP contribution in [0.1, 0.15) is 12.5 Å². The number of likely N-dealkylation sites (N-methyl/N-ethyl adjacent to an activating group) is 1. The molecule has 0 heterocycles. The van der Waals surface area contributed by atoms with E-state index in [-0.39, 0.29) is 12.5 Å². The van der Waals surface area contributed by atoms with Crippen LogP contribution in [0.25, 0.3) is 0 Å². The lowest BCUT2D eigenvalue weighted by Gasteiger charge is -2.17. The summed E-state index contributed by atoms with van der Waals surface area (Å²) >= 11 is 11.9. The summed E-state index contributed by atoms with van der Waals surface area (Å²) in [5.41, 5.74) is 6.24. The number of ether oxygens (including phenoxy) is 1. The Bertz CT molecular complexity index is 424. The monoisotopic (exact) mass is 276 g/mol. The second kappa shape index (κ2) is 6.10. The highest BCUT2D eigenvalue weighted by Crippen LogP contribution is 2.32. The molecule has 0 aliphatic rings. The molecule has 0 aromatic heterocycles. The molecular weight excluding hydrogens is 263 g/mol. The molecule has 0 saturated heterocycles. The highest BCUT2D eigenvalue weighted by molar-refractivity contribution is 6.35. The Morgan fingerprint density at radius 1 is 1.53 bits per heavy atom. The second-order valence-electron chi connectivity index (χ2n) is 3.45. The first kappa shape index (κ1) is 14.1. The number of benzene rings is 1. The van der Waals surface area contributed by atoms with Crippen LogP contribution in [0.4, 0.5) is 0 Å². The Morgan fingerprint density at radius 2 is 2.18 bits per heavy atom. The molecule has 0 spiro atoms. The smallest absolute Gasteiger partial charge is 0.260 e. The molecule has 1 aromatic rings. The number of amides is 1. The van der Waals surface area contributed by atoms with E-state index in [1.54, 1.807) is 19.1 Å². The molecule has 0 aliphatic carbocycles. The van der Waals surface area contributed by atoms with E-state index in [9.17, 15) is 4.79 Å². The Kier molecular flexibility index (Phi) is 5.05. The second-order valence-corrected chi connectivity index (χ2v) is 4.30. The third kappa shape index (κ3) is 3.49. The minimum Gasteiger partial charge on any atom is -0.479 e. The Hall–Kier alpha value is -0.970. The summed E-state index contributed by atoms with van der Waals surface area (Å²) in [6.07, 6.45) is -0.649. The predicted molar refractivity (Wildman–Crippen MR) is 68.5 cm³/mol. The van der Waals surface area contributed by atoms with Gasteiger partial charge in [0.05, 0.1) is 5.02 Å². The Morgan fingerprint density at radius 3 is 2.71 bits per heavy atom. The number of hydrogen-bond donors (Lipinski definition) is 2. The van der Waals surface area contributed by atoms with E-state index < -0.39 is 6.10 Å². The van der Waals surface area contributed by atoms with Crippen LogP contribution in [-0.4, -0.2) is 19.1 Å². The third-order valence-corrected chi connectivity index (χ3v) is 2.71. The molecule has 94 valence electrons. The van der Waals surface area contributed by atoms with Crippen LogP contribution in [0.3, 0.4) is 0 Å². The maximum absolute atomic E-state index is 11.4. The maximum Gasteiger partial charge on any atom is 0.260 e. The van der Waals surface area contributed by atoms with Crippen molar-refractivity contribution in [2.24, 2.45) is 5.73 Å². The molecule has 1 rings (SSSR count). The first-order valence-corrected chi connectivity index (χ1v) is 5.81. The highest BCUT2D eigenvalue weighted by atomic mass is 35.5. The van der Waals surface area contributed by atoms with E-state index in [1.807, 2.05) is 0 Å². The largest absolute Gasteiger partial charge is 0.479 e. The van der Waals surface area contributed by atoms with Crippen LogP contribution in [0.2, 0.25) is 10.0 Å². The van der Waals surface area contributed by atoms with E-state index in [1.165, 1.54) is 7.05 Å². The molecule has 0 radical (unpaired) electrons. The summed E-state index contributed by atoms with van der Waals surface area (Å²) in [6, 6.07) is 3.22. The van der Waals surface area contributed by atoms with Gasteiger partial charge in [0.2, 0.25) is 0 Å². The van der Waals surface area contributed by atoms with Crippen LogP contribution in [0, 0.1) is 0 Å². The zero-order chi connectivity index (χ0) is 13.0. The minimum atomic E-state index is -0.649. The summed E-state index contributed by atoms with van der Waals surface area (Å²) < 4.78 is 5.49. The fourth-order valence-corrected chi connectivity index (χ4v) is 1.91. The van der Waals surface area contributed by atoms with E-state index in [0.717, 1.165) is 0 Å². The number of rotatable bonds is 4. The van der Waals surface area contributed by atoms with Crippen LogP contribution in [0.15, 0.2) is 12.1 Å². The summed E-state index contributed by atoms with van der Waals surface area (Å²) in [7, 11) is 1.54. The zero-order valence-corrected chi connectivity index (χ0v) is 11.1. The normalized spacial score (nSPS) is 12.1. The molecule has 17 heavy (non-hydrogen) atoms. The van der Waals surface area contributed by atoms with E-state index in [2.05, 4.69) is 5.32 Å². The molecule has 0 bridgehead atoms. The summed E-state index contributed by atoms with van der Waals surface area (Å²) in [5, 5.41) is 3.31. The number of carbonyl (C=O) groups is 1. The van der Waals surface area contributed by atoms with Crippen molar-refractivity contribution < 1.29 is 9.53 Å². The molecule has 1 aromatic carbocycles. The number of hydrogen-bond acceptors (Lipinski definition) is 3. The number of nitrogens with two attached hydrogens (primary N) is 1. The van der Waals surface area contributed by atoms with Crippen LogP contribution >= 0.6 is 23.2 Å². The first-order valence-electron chi connectivity index (χ1n) is 5.05. The van der Waals surface area contributed by atoms with Gasteiger partial charge in [-0.05, 0) is 19.1 Å². The zero-order valence-electron chi connectivity index (χ0n) is 9.59. The van der Waals surface area contributed by atoms with E-state index in [4.69, 9.17) is 33.7 Å². The van der Waals surface area contributed by atoms with Crippen molar-refractivity contribution in [3.8, 4) is 5.75 Å². The molecular formula is C11H14Cl2N2O2. The number of carbonyl (C=O) groups excluding carboxylic acids is 1. The van der Waals surface area contributed by atoms with Crippen molar-refractivity contribution in [3.05, 3.63) is 27.7 Å². The SMILES string of the molecule is CNC(=O)C(C)Oc1c(Cl)cc(Cl)cc1CN. The van der Waals surface area contributed by atoms with Crippen molar-refractivity contribution >= 4 is 29.1 Å². The van der Waals surface area contributed by atoms with Crippen molar-refractivity contribution in [1.29, 1.82) is 0 Å². The van der Waals surface area contributed by atoms with Crippen molar-refractivity contribution in [3.63, 3.8) is 0 Å². The van der Waals surface area contributed by atoms with Gasteiger partial charge in [-0.15, -0.1) is 0 Å². The van der Waals surface area contributed by atoms with Crippen molar-refractivity contribution in [1.82, 2.24) is 5.32 Å². The molecule has 4 nitrogen and oxygen atoms in total. The lowest BCUT2D eigenvalue weighted by Crippen LogP contribution is -2.34. The summed E-state index contributed by atoms with van der Waals surface area (Å²) in [5.74, 6) is 0.161. The summed E-state index contributed by atoms with van der Waals surface area (Å²) in [6.45, 7) is 1.86. The molecule has 1 amide bonds. The molecule has 1 atom stereocenters. The average Bonchev–Trinajstić information content (AvgIpc) is 2.30. The number of halogens is 2.